The van der Waals surface area contributed by atoms with Crippen LogP contribution in [0.15, 0.2) is 145 Å². The first-order chi connectivity index (χ1) is 22.3. The fourth-order valence-electron chi connectivity index (χ4n) is 7.11. The fourth-order valence-corrected chi connectivity index (χ4v) is 7.11. The molecule has 0 radical (unpaired) electrons. The number of aromatic nitrogens is 1. The fraction of sp³-hybridized carbons (Fsp3) is 0.0952. The molecule has 3 heterocycles. The molecule has 0 bridgehead atoms. The molecule has 5 aromatic rings. The number of dihydropyridines is 1. The van der Waals surface area contributed by atoms with E-state index in [0.29, 0.717) is 0 Å². The molecule has 0 amide bonds. The van der Waals surface area contributed by atoms with Gasteiger partial charge >= 0.3 is 0 Å². The van der Waals surface area contributed by atoms with Crippen LogP contribution in [-0.2, 0) is 6.42 Å². The standard InChI is InChI=1S/C42H30N2O/c1-3-10-27(11-4-1)30-24-38(28-12-5-2-6-13-28)44-39(25-30)29-18-20-37-31(22-29)23-32(26-43-37)33-19-21-41-42-35(33)15-9-16-36(42)34-14-7-8-17-40(34)45-41/h1-8,10-14,16-26,31,37H,9,15H2. The van der Waals surface area contributed by atoms with Gasteiger partial charge in [-0.05, 0) is 76.1 Å². The first-order valence-electron chi connectivity index (χ1n) is 15.7. The molecular weight excluding hydrogens is 548 g/mol. The van der Waals surface area contributed by atoms with Gasteiger partial charge in [-0.1, -0.05) is 115 Å². The highest BCUT2D eigenvalue weighted by atomic mass is 16.5. The zero-order valence-corrected chi connectivity index (χ0v) is 24.7. The second kappa shape index (κ2) is 10.6. The van der Waals surface area contributed by atoms with Crippen LogP contribution in [0.4, 0.5) is 0 Å². The third kappa shape index (κ3) is 4.51. The molecule has 3 heteroatoms. The predicted octanol–water partition coefficient (Wildman–Crippen LogP) is 10.0. The molecule has 0 spiro atoms. The van der Waals surface area contributed by atoms with Gasteiger partial charge in [0.15, 0.2) is 0 Å². The third-order valence-corrected chi connectivity index (χ3v) is 9.29. The van der Waals surface area contributed by atoms with Crippen molar-refractivity contribution < 1.29 is 4.74 Å². The highest BCUT2D eigenvalue weighted by Gasteiger charge is 2.30. The zero-order valence-electron chi connectivity index (χ0n) is 24.7. The van der Waals surface area contributed by atoms with E-state index in [1.165, 1.54) is 39.0 Å². The van der Waals surface area contributed by atoms with E-state index in [2.05, 4.69) is 134 Å². The Kier molecular flexibility index (Phi) is 6.09. The molecule has 0 saturated carbocycles. The van der Waals surface area contributed by atoms with Crippen molar-refractivity contribution in [1.29, 1.82) is 0 Å². The summed E-state index contributed by atoms with van der Waals surface area (Å²) in [5.41, 5.74) is 14.0. The molecule has 4 aliphatic rings. The van der Waals surface area contributed by atoms with Gasteiger partial charge in [0.1, 0.15) is 11.5 Å². The van der Waals surface area contributed by atoms with Crippen molar-refractivity contribution >= 4 is 22.9 Å². The molecule has 4 aromatic carbocycles. The minimum atomic E-state index is 0.0862. The number of fused-ring (bicyclic) bond motifs is 3. The lowest BCUT2D eigenvalue weighted by molar-refractivity contribution is 0.472. The van der Waals surface area contributed by atoms with Crippen LogP contribution in [0.2, 0.25) is 0 Å². The smallest absolute Gasteiger partial charge is 0.135 e. The Labute approximate surface area is 263 Å². The van der Waals surface area contributed by atoms with Gasteiger partial charge in [0.25, 0.3) is 0 Å². The van der Waals surface area contributed by atoms with Gasteiger partial charge in [-0.2, -0.15) is 0 Å². The summed E-state index contributed by atoms with van der Waals surface area (Å²) in [5.74, 6) is 2.03. The summed E-state index contributed by atoms with van der Waals surface area (Å²) in [6, 6.07) is 38.2. The molecule has 0 N–H and O–H groups in total. The van der Waals surface area contributed by atoms with E-state index in [9.17, 15) is 0 Å². The summed E-state index contributed by atoms with van der Waals surface area (Å²) in [6.07, 6.45) is 15.6. The number of rotatable bonds is 4. The summed E-state index contributed by atoms with van der Waals surface area (Å²) < 4.78 is 6.38. The Balaban J connectivity index is 1.11. The minimum absolute atomic E-state index is 0.0862. The Morgan fingerprint density at radius 1 is 0.644 bits per heavy atom. The molecule has 45 heavy (non-hydrogen) atoms. The van der Waals surface area contributed by atoms with E-state index < -0.39 is 0 Å². The molecule has 9 rings (SSSR count). The van der Waals surface area contributed by atoms with Crippen LogP contribution in [0.1, 0.15) is 34.4 Å². The minimum Gasteiger partial charge on any atom is -0.456 e. The number of benzene rings is 4. The molecule has 2 aliphatic carbocycles. The van der Waals surface area contributed by atoms with Crippen LogP contribution in [-0.4, -0.2) is 17.2 Å². The van der Waals surface area contributed by atoms with Gasteiger partial charge in [0.2, 0.25) is 0 Å². The number of hydrogen-bond donors (Lipinski definition) is 0. The highest BCUT2D eigenvalue weighted by Crippen LogP contribution is 2.49. The van der Waals surface area contributed by atoms with Gasteiger partial charge in [-0.15, -0.1) is 0 Å². The van der Waals surface area contributed by atoms with Crippen LogP contribution in [0.25, 0.3) is 39.1 Å². The highest BCUT2D eigenvalue weighted by molar-refractivity contribution is 6.12. The lowest BCUT2D eigenvalue weighted by Crippen LogP contribution is -2.20. The summed E-state index contributed by atoms with van der Waals surface area (Å²) in [6.45, 7) is 0. The van der Waals surface area contributed by atoms with E-state index in [1.54, 1.807) is 0 Å². The van der Waals surface area contributed by atoms with Gasteiger partial charge < -0.3 is 4.74 Å². The number of allylic oxidation sites excluding steroid dienone is 4. The molecule has 0 fully saturated rings. The molecule has 0 saturated heterocycles. The number of ether oxygens (including phenoxy) is 1. The normalized spacial score (nSPS) is 18.9. The molecule has 2 unspecified atom stereocenters. The molecule has 2 aliphatic heterocycles. The Hall–Kier alpha value is -5.54. The van der Waals surface area contributed by atoms with Gasteiger partial charge in [0.05, 0.1) is 17.4 Å². The monoisotopic (exact) mass is 578 g/mol. The third-order valence-electron chi connectivity index (χ3n) is 9.29. The number of pyridine rings is 1. The van der Waals surface area contributed by atoms with Crippen LogP contribution < -0.4 is 4.74 Å². The summed E-state index contributed by atoms with van der Waals surface area (Å²) in [4.78, 5) is 10.2. The van der Waals surface area contributed by atoms with Crippen molar-refractivity contribution in [3.63, 3.8) is 0 Å². The van der Waals surface area contributed by atoms with E-state index in [0.717, 1.165) is 52.4 Å². The average molecular weight is 579 g/mol. The number of nitrogens with zero attached hydrogens (tertiary/aromatic N) is 2. The predicted molar refractivity (Wildman–Crippen MR) is 184 cm³/mol. The van der Waals surface area contributed by atoms with E-state index in [1.807, 2.05) is 12.1 Å². The van der Waals surface area contributed by atoms with Gasteiger partial charge in [0, 0.05) is 28.8 Å². The van der Waals surface area contributed by atoms with Crippen molar-refractivity contribution in [2.75, 3.05) is 0 Å². The van der Waals surface area contributed by atoms with Crippen molar-refractivity contribution in [3.05, 3.63) is 168 Å². The molecule has 3 nitrogen and oxygen atoms in total. The van der Waals surface area contributed by atoms with E-state index >= 15 is 0 Å². The molecule has 1 aromatic heterocycles. The Morgan fingerprint density at radius 2 is 1.40 bits per heavy atom. The SMILES string of the molecule is C1=CC2N=CC(c3ccc4c5c3CCC=C5c3ccccc3O4)=CC2C=C1c1cc(-c2ccccc2)cc(-c2ccccc2)n1. The summed E-state index contributed by atoms with van der Waals surface area (Å²) >= 11 is 0. The van der Waals surface area contributed by atoms with E-state index in [4.69, 9.17) is 14.7 Å². The zero-order chi connectivity index (χ0) is 29.7. The first-order valence-corrected chi connectivity index (χ1v) is 15.7. The van der Waals surface area contributed by atoms with Crippen LogP contribution in [0, 0.1) is 5.92 Å². The van der Waals surface area contributed by atoms with Crippen molar-refractivity contribution in [1.82, 2.24) is 4.98 Å². The Morgan fingerprint density at radius 3 is 2.27 bits per heavy atom. The topological polar surface area (TPSA) is 34.5 Å². The number of aliphatic imine (C=N–C) groups is 1. The van der Waals surface area contributed by atoms with Crippen LogP contribution >= 0.6 is 0 Å². The van der Waals surface area contributed by atoms with Gasteiger partial charge in [-0.25, -0.2) is 4.98 Å². The van der Waals surface area contributed by atoms with Crippen LogP contribution in [0.3, 0.4) is 0 Å². The summed E-state index contributed by atoms with van der Waals surface area (Å²) in [7, 11) is 0. The quantitative estimate of drug-likeness (QED) is 0.209. The van der Waals surface area contributed by atoms with Crippen LogP contribution in [0.5, 0.6) is 11.5 Å². The maximum Gasteiger partial charge on any atom is 0.135 e. The largest absolute Gasteiger partial charge is 0.456 e. The maximum atomic E-state index is 6.38. The molecule has 2 atom stereocenters. The second-order valence-corrected chi connectivity index (χ2v) is 12.0. The van der Waals surface area contributed by atoms with Crippen molar-refractivity contribution in [2.24, 2.45) is 10.9 Å². The lowest BCUT2D eigenvalue weighted by atomic mass is 9.79. The molecule has 214 valence electrons. The van der Waals surface area contributed by atoms with Crippen molar-refractivity contribution in [3.8, 4) is 33.9 Å². The van der Waals surface area contributed by atoms with Crippen molar-refractivity contribution in [2.45, 2.75) is 18.9 Å². The van der Waals surface area contributed by atoms with Gasteiger partial charge in [-0.3, -0.25) is 4.99 Å². The lowest BCUT2D eigenvalue weighted by Gasteiger charge is -2.30. The Bertz CT molecular complexity index is 2080. The number of hydrogen-bond acceptors (Lipinski definition) is 3. The number of para-hydroxylation sites is 1. The molecular formula is C42H30N2O. The second-order valence-electron chi connectivity index (χ2n) is 12.0. The van der Waals surface area contributed by atoms with E-state index in [-0.39, 0.29) is 12.0 Å². The summed E-state index contributed by atoms with van der Waals surface area (Å²) in [5, 5.41) is 0. The maximum absolute atomic E-state index is 6.38. The first kappa shape index (κ1) is 25.9. The average Bonchev–Trinajstić information content (AvgIpc) is 3.12.